The number of aryl methyl sites for hydroxylation is 2. The van der Waals surface area contributed by atoms with Crippen LogP contribution in [0.15, 0.2) is 18.3 Å². The number of aromatic nitrogens is 4. The van der Waals surface area contributed by atoms with Gasteiger partial charge in [0.05, 0.1) is 11.4 Å². The van der Waals surface area contributed by atoms with Gasteiger partial charge in [-0.15, -0.1) is 0 Å². The second kappa shape index (κ2) is 5.88. The van der Waals surface area contributed by atoms with Crippen LogP contribution in [-0.4, -0.2) is 19.6 Å². The molecule has 1 N–H and O–H groups in total. The summed E-state index contributed by atoms with van der Waals surface area (Å²) in [5.74, 6) is 0. The second-order valence-electron chi connectivity index (χ2n) is 4.84. The Morgan fingerprint density at radius 1 is 1.33 bits per heavy atom. The van der Waals surface area contributed by atoms with Crippen LogP contribution in [0.5, 0.6) is 0 Å². The molecule has 1 unspecified atom stereocenters. The topological polar surface area (TPSA) is 47.7 Å². The van der Waals surface area contributed by atoms with Crippen LogP contribution in [0, 0.1) is 0 Å². The van der Waals surface area contributed by atoms with Gasteiger partial charge >= 0.3 is 6.18 Å². The third-order valence-electron chi connectivity index (χ3n) is 3.24. The first-order valence-corrected chi connectivity index (χ1v) is 6.68. The van der Waals surface area contributed by atoms with E-state index < -0.39 is 11.9 Å². The number of nitrogens with one attached hydrogen (secondary N) is 1. The van der Waals surface area contributed by atoms with Gasteiger partial charge in [-0.3, -0.25) is 9.36 Å². The van der Waals surface area contributed by atoms with E-state index in [0.29, 0.717) is 5.69 Å². The van der Waals surface area contributed by atoms with E-state index in [2.05, 4.69) is 15.5 Å². The van der Waals surface area contributed by atoms with Crippen LogP contribution in [0.3, 0.4) is 0 Å². The first kappa shape index (κ1) is 15.6. The summed E-state index contributed by atoms with van der Waals surface area (Å²) in [6.07, 6.45) is -2.51. The van der Waals surface area contributed by atoms with E-state index in [1.807, 2.05) is 26.1 Å². The zero-order valence-electron chi connectivity index (χ0n) is 12.1. The molecule has 0 spiro atoms. The zero-order chi connectivity index (χ0) is 15.6. The quantitative estimate of drug-likeness (QED) is 0.923. The molecule has 2 rings (SSSR count). The Labute approximate surface area is 120 Å². The van der Waals surface area contributed by atoms with Gasteiger partial charge in [0.2, 0.25) is 0 Å². The third kappa shape index (κ3) is 3.63. The molecule has 5 nitrogen and oxygen atoms in total. The molecular formula is C13H18F3N5. The lowest BCUT2D eigenvalue weighted by atomic mass is 10.2. The van der Waals surface area contributed by atoms with Gasteiger partial charge in [0, 0.05) is 32.4 Å². The summed E-state index contributed by atoms with van der Waals surface area (Å²) in [7, 11) is 1.29. The van der Waals surface area contributed by atoms with Crippen LogP contribution in [0.2, 0.25) is 0 Å². The maximum Gasteiger partial charge on any atom is 0.433 e. The van der Waals surface area contributed by atoms with E-state index in [0.717, 1.165) is 23.0 Å². The van der Waals surface area contributed by atoms with Crippen molar-refractivity contribution in [3.63, 3.8) is 0 Å². The van der Waals surface area contributed by atoms with Crippen molar-refractivity contribution >= 4 is 0 Å². The Morgan fingerprint density at radius 3 is 2.57 bits per heavy atom. The number of nitrogens with zero attached hydrogens (tertiary/aromatic N) is 4. The van der Waals surface area contributed by atoms with E-state index in [1.165, 1.54) is 7.05 Å². The second-order valence-corrected chi connectivity index (χ2v) is 4.84. The van der Waals surface area contributed by atoms with Crippen molar-refractivity contribution < 1.29 is 13.2 Å². The van der Waals surface area contributed by atoms with E-state index >= 15 is 0 Å². The Morgan fingerprint density at radius 2 is 2.05 bits per heavy atom. The molecule has 21 heavy (non-hydrogen) atoms. The molecule has 2 aromatic heterocycles. The lowest BCUT2D eigenvalue weighted by molar-refractivity contribution is -0.143. The molecule has 8 heteroatoms. The van der Waals surface area contributed by atoms with Gasteiger partial charge in [-0.25, -0.2) is 0 Å². The number of rotatable bonds is 5. The van der Waals surface area contributed by atoms with Crippen molar-refractivity contribution in [2.24, 2.45) is 7.05 Å². The van der Waals surface area contributed by atoms with Crippen LogP contribution in [0.1, 0.15) is 37.0 Å². The van der Waals surface area contributed by atoms with Crippen LogP contribution in [0.25, 0.3) is 0 Å². The standard InChI is InChI=1S/C13H18F3N5/c1-4-21-6-5-11(19-21)9(2)17-8-10-7-12(13(14,15)16)20(3)18-10/h5-7,9,17H,4,8H2,1-3H3. The molecule has 0 aliphatic carbocycles. The lowest BCUT2D eigenvalue weighted by Gasteiger charge is -2.09. The molecule has 0 saturated heterocycles. The molecule has 0 radical (unpaired) electrons. The van der Waals surface area contributed by atoms with Crippen molar-refractivity contribution in [1.82, 2.24) is 24.9 Å². The highest BCUT2D eigenvalue weighted by Crippen LogP contribution is 2.29. The molecule has 0 aromatic carbocycles. The minimum Gasteiger partial charge on any atom is -0.303 e. The predicted octanol–water partition coefficient (Wildman–Crippen LogP) is 2.51. The lowest BCUT2D eigenvalue weighted by Crippen LogP contribution is -2.19. The van der Waals surface area contributed by atoms with E-state index in [4.69, 9.17) is 0 Å². The van der Waals surface area contributed by atoms with Crippen molar-refractivity contribution in [2.75, 3.05) is 0 Å². The molecular weight excluding hydrogens is 283 g/mol. The minimum atomic E-state index is -4.38. The molecule has 0 bridgehead atoms. The van der Waals surface area contributed by atoms with E-state index in [-0.39, 0.29) is 12.6 Å². The highest BCUT2D eigenvalue weighted by Gasteiger charge is 2.34. The summed E-state index contributed by atoms with van der Waals surface area (Å²) in [6, 6.07) is 2.89. The fraction of sp³-hybridized carbons (Fsp3) is 0.538. The number of halogens is 3. The first-order chi connectivity index (χ1) is 9.81. The summed E-state index contributed by atoms with van der Waals surface area (Å²) in [4.78, 5) is 0. The smallest absolute Gasteiger partial charge is 0.303 e. The van der Waals surface area contributed by atoms with Crippen LogP contribution < -0.4 is 5.32 Å². The molecule has 0 aliphatic rings. The Kier molecular flexibility index (Phi) is 4.36. The Hall–Kier alpha value is -1.83. The molecule has 2 aromatic rings. The summed E-state index contributed by atoms with van der Waals surface area (Å²) in [5.41, 5.74) is 0.456. The molecule has 2 heterocycles. The third-order valence-corrected chi connectivity index (χ3v) is 3.24. The number of hydrogen-bond acceptors (Lipinski definition) is 3. The van der Waals surface area contributed by atoms with E-state index in [9.17, 15) is 13.2 Å². The van der Waals surface area contributed by atoms with Crippen LogP contribution in [0.4, 0.5) is 13.2 Å². The highest BCUT2D eigenvalue weighted by atomic mass is 19.4. The van der Waals surface area contributed by atoms with Gasteiger partial charge in [0.25, 0.3) is 0 Å². The predicted molar refractivity (Wildman–Crippen MR) is 71.4 cm³/mol. The van der Waals surface area contributed by atoms with Gasteiger partial charge in [-0.2, -0.15) is 23.4 Å². The SMILES string of the molecule is CCn1ccc(C(C)NCc2cc(C(F)(F)F)n(C)n2)n1. The Bertz CT molecular complexity index is 599. The Balaban J connectivity index is 2.00. The van der Waals surface area contributed by atoms with Gasteiger partial charge in [0.15, 0.2) is 0 Å². The van der Waals surface area contributed by atoms with Crippen LogP contribution in [-0.2, 0) is 26.3 Å². The van der Waals surface area contributed by atoms with Crippen molar-refractivity contribution in [3.05, 3.63) is 35.4 Å². The molecule has 0 saturated carbocycles. The van der Waals surface area contributed by atoms with Gasteiger partial charge < -0.3 is 5.32 Å². The van der Waals surface area contributed by atoms with Gasteiger partial charge in [-0.1, -0.05) is 0 Å². The molecule has 1 atom stereocenters. The first-order valence-electron chi connectivity index (χ1n) is 6.68. The molecule has 0 amide bonds. The average molecular weight is 301 g/mol. The normalized spacial score (nSPS) is 13.6. The number of alkyl halides is 3. The van der Waals surface area contributed by atoms with Gasteiger partial charge in [-0.05, 0) is 26.0 Å². The van der Waals surface area contributed by atoms with Crippen LogP contribution >= 0.6 is 0 Å². The fourth-order valence-electron chi connectivity index (χ4n) is 2.03. The monoisotopic (exact) mass is 301 g/mol. The summed E-state index contributed by atoms with van der Waals surface area (Å²) < 4.78 is 40.7. The van der Waals surface area contributed by atoms with Gasteiger partial charge in [0.1, 0.15) is 5.69 Å². The molecule has 0 aliphatic heterocycles. The maximum atomic E-state index is 12.7. The van der Waals surface area contributed by atoms with Crippen molar-refractivity contribution in [1.29, 1.82) is 0 Å². The summed E-state index contributed by atoms with van der Waals surface area (Å²) in [6.45, 7) is 4.93. The summed E-state index contributed by atoms with van der Waals surface area (Å²) >= 11 is 0. The summed E-state index contributed by atoms with van der Waals surface area (Å²) in [5, 5.41) is 11.3. The fourth-order valence-corrected chi connectivity index (χ4v) is 2.03. The van der Waals surface area contributed by atoms with E-state index in [1.54, 1.807) is 4.68 Å². The average Bonchev–Trinajstić information content (AvgIpc) is 3.01. The zero-order valence-corrected chi connectivity index (χ0v) is 12.1. The number of hydrogen-bond donors (Lipinski definition) is 1. The molecule has 116 valence electrons. The highest BCUT2D eigenvalue weighted by molar-refractivity contribution is 5.14. The maximum absolute atomic E-state index is 12.7. The minimum absolute atomic E-state index is 0.0610. The molecule has 0 fully saturated rings. The van der Waals surface area contributed by atoms with Crippen molar-refractivity contribution in [3.8, 4) is 0 Å². The largest absolute Gasteiger partial charge is 0.433 e. The van der Waals surface area contributed by atoms with Crippen molar-refractivity contribution in [2.45, 2.75) is 39.2 Å².